The minimum Gasteiger partial charge on any atom is -0.294 e. The third-order valence-electron chi connectivity index (χ3n) is 3.16. The van der Waals surface area contributed by atoms with Gasteiger partial charge in [0.2, 0.25) is 0 Å². The first-order valence-corrected chi connectivity index (χ1v) is 6.72. The number of pyridine rings is 1. The number of halogens is 2. The number of benzene rings is 1. The Bertz CT molecular complexity index is 864. The fraction of sp³-hybridized carbons (Fsp3) is 0.133. The standard InChI is InChI=1S/C15H10ClFN4/c1-9(16)15-20-12-8-19-5-4-14(12)21(15)13-3-2-11(17)6-10(13)7-18/h2-6,8-9H,1H3. The number of alkyl halides is 1. The van der Waals surface area contributed by atoms with Crippen LogP contribution in [0.15, 0.2) is 36.7 Å². The van der Waals surface area contributed by atoms with Gasteiger partial charge in [0.05, 0.1) is 28.3 Å². The van der Waals surface area contributed by atoms with E-state index in [4.69, 9.17) is 11.6 Å². The first kappa shape index (κ1) is 13.5. The van der Waals surface area contributed by atoms with Crippen LogP contribution in [0.5, 0.6) is 0 Å². The molecule has 0 saturated heterocycles. The number of imidazole rings is 1. The van der Waals surface area contributed by atoms with Crippen LogP contribution in [0.2, 0.25) is 0 Å². The maximum absolute atomic E-state index is 13.3. The SMILES string of the molecule is CC(Cl)c1nc2cnccc2n1-c1ccc(F)cc1C#N. The van der Waals surface area contributed by atoms with Crippen molar-refractivity contribution in [1.29, 1.82) is 5.26 Å². The largest absolute Gasteiger partial charge is 0.294 e. The fourth-order valence-electron chi connectivity index (χ4n) is 2.26. The molecule has 0 aliphatic heterocycles. The number of nitriles is 1. The number of aromatic nitrogens is 3. The van der Waals surface area contributed by atoms with E-state index >= 15 is 0 Å². The molecular formula is C15H10ClFN4. The Hall–Kier alpha value is -2.45. The molecule has 0 amide bonds. The molecule has 3 rings (SSSR count). The third-order valence-corrected chi connectivity index (χ3v) is 3.35. The van der Waals surface area contributed by atoms with Crippen molar-refractivity contribution in [1.82, 2.24) is 14.5 Å². The second kappa shape index (κ2) is 5.15. The summed E-state index contributed by atoms with van der Waals surface area (Å²) >= 11 is 6.20. The van der Waals surface area contributed by atoms with Gasteiger partial charge in [-0.05, 0) is 31.2 Å². The molecule has 0 aliphatic carbocycles. The molecule has 1 atom stereocenters. The minimum atomic E-state index is -0.457. The van der Waals surface area contributed by atoms with E-state index in [1.807, 2.05) is 6.07 Å². The number of fused-ring (bicyclic) bond motifs is 1. The predicted molar refractivity (Wildman–Crippen MR) is 77.8 cm³/mol. The summed E-state index contributed by atoms with van der Waals surface area (Å²) in [6.45, 7) is 1.79. The molecule has 0 fully saturated rings. The third kappa shape index (κ3) is 2.24. The van der Waals surface area contributed by atoms with Crippen molar-refractivity contribution in [3.8, 4) is 11.8 Å². The summed E-state index contributed by atoms with van der Waals surface area (Å²) in [5.41, 5.74) is 2.23. The summed E-state index contributed by atoms with van der Waals surface area (Å²) in [4.78, 5) is 8.48. The van der Waals surface area contributed by atoms with Crippen molar-refractivity contribution < 1.29 is 4.39 Å². The molecule has 0 spiro atoms. The van der Waals surface area contributed by atoms with Crippen molar-refractivity contribution in [3.63, 3.8) is 0 Å². The van der Waals surface area contributed by atoms with Gasteiger partial charge in [-0.1, -0.05) is 0 Å². The summed E-state index contributed by atoms with van der Waals surface area (Å²) in [6, 6.07) is 7.86. The molecule has 0 saturated carbocycles. The van der Waals surface area contributed by atoms with Crippen LogP contribution in [0.25, 0.3) is 16.7 Å². The van der Waals surface area contributed by atoms with Gasteiger partial charge in [-0.25, -0.2) is 9.37 Å². The Kier molecular flexibility index (Phi) is 3.32. The molecule has 1 unspecified atom stereocenters. The van der Waals surface area contributed by atoms with E-state index in [1.165, 1.54) is 12.1 Å². The zero-order valence-electron chi connectivity index (χ0n) is 11.1. The second-order valence-corrected chi connectivity index (χ2v) is 5.21. The zero-order chi connectivity index (χ0) is 15.0. The Morgan fingerprint density at radius 3 is 2.90 bits per heavy atom. The van der Waals surface area contributed by atoms with Crippen molar-refractivity contribution in [2.45, 2.75) is 12.3 Å². The maximum atomic E-state index is 13.3. The van der Waals surface area contributed by atoms with E-state index in [0.717, 1.165) is 5.52 Å². The molecular weight excluding hydrogens is 291 g/mol. The molecule has 0 radical (unpaired) electrons. The van der Waals surface area contributed by atoms with Crippen LogP contribution in [0.3, 0.4) is 0 Å². The smallest absolute Gasteiger partial charge is 0.132 e. The minimum absolute atomic E-state index is 0.227. The lowest BCUT2D eigenvalue weighted by molar-refractivity contribution is 0.626. The van der Waals surface area contributed by atoms with Gasteiger partial charge in [-0.2, -0.15) is 5.26 Å². The molecule has 0 aliphatic rings. The highest BCUT2D eigenvalue weighted by atomic mass is 35.5. The Morgan fingerprint density at radius 2 is 2.19 bits per heavy atom. The number of nitrogens with zero attached hydrogens (tertiary/aromatic N) is 4. The summed E-state index contributed by atoms with van der Waals surface area (Å²) in [5, 5.41) is 8.88. The highest BCUT2D eigenvalue weighted by Gasteiger charge is 2.18. The molecule has 2 heterocycles. The highest BCUT2D eigenvalue weighted by Crippen LogP contribution is 2.29. The van der Waals surface area contributed by atoms with E-state index < -0.39 is 5.82 Å². The topological polar surface area (TPSA) is 54.5 Å². The van der Waals surface area contributed by atoms with E-state index in [2.05, 4.69) is 9.97 Å². The lowest BCUT2D eigenvalue weighted by Crippen LogP contribution is -2.04. The van der Waals surface area contributed by atoms with Crippen LogP contribution in [-0.2, 0) is 0 Å². The van der Waals surface area contributed by atoms with Gasteiger partial charge >= 0.3 is 0 Å². The van der Waals surface area contributed by atoms with Gasteiger partial charge < -0.3 is 0 Å². The Morgan fingerprint density at radius 1 is 1.38 bits per heavy atom. The Labute approximate surface area is 125 Å². The molecule has 4 nitrogen and oxygen atoms in total. The molecule has 0 bridgehead atoms. The fourth-order valence-corrected chi connectivity index (χ4v) is 2.41. The second-order valence-electron chi connectivity index (χ2n) is 4.56. The van der Waals surface area contributed by atoms with Crippen LogP contribution in [0.1, 0.15) is 23.7 Å². The summed E-state index contributed by atoms with van der Waals surface area (Å²) in [6.07, 6.45) is 3.27. The van der Waals surface area contributed by atoms with E-state index in [9.17, 15) is 9.65 Å². The highest BCUT2D eigenvalue weighted by molar-refractivity contribution is 6.20. The van der Waals surface area contributed by atoms with Gasteiger partial charge in [0.15, 0.2) is 0 Å². The van der Waals surface area contributed by atoms with E-state index in [1.54, 1.807) is 36.0 Å². The first-order chi connectivity index (χ1) is 10.1. The lowest BCUT2D eigenvalue weighted by Gasteiger charge is -2.12. The van der Waals surface area contributed by atoms with E-state index in [-0.39, 0.29) is 10.9 Å². The monoisotopic (exact) mass is 300 g/mol. The van der Waals surface area contributed by atoms with Crippen molar-refractivity contribution in [3.05, 3.63) is 53.9 Å². The van der Waals surface area contributed by atoms with Crippen molar-refractivity contribution >= 4 is 22.6 Å². The van der Waals surface area contributed by atoms with Crippen LogP contribution >= 0.6 is 11.6 Å². The summed E-state index contributed by atoms with van der Waals surface area (Å²) in [7, 11) is 0. The predicted octanol–water partition coefficient (Wildman–Crippen LogP) is 3.73. The maximum Gasteiger partial charge on any atom is 0.132 e. The van der Waals surface area contributed by atoms with Gasteiger partial charge in [0, 0.05) is 6.20 Å². The first-order valence-electron chi connectivity index (χ1n) is 6.28. The molecule has 2 aromatic heterocycles. The summed E-state index contributed by atoms with van der Waals surface area (Å²) < 4.78 is 15.1. The van der Waals surface area contributed by atoms with Gasteiger partial charge in [0.25, 0.3) is 0 Å². The quantitative estimate of drug-likeness (QED) is 0.678. The molecule has 6 heteroatoms. The lowest BCUT2D eigenvalue weighted by atomic mass is 10.1. The number of hydrogen-bond acceptors (Lipinski definition) is 3. The molecule has 104 valence electrons. The molecule has 1 aromatic carbocycles. The van der Waals surface area contributed by atoms with Crippen LogP contribution in [-0.4, -0.2) is 14.5 Å². The number of hydrogen-bond donors (Lipinski definition) is 0. The average molecular weight is 301 g/mol. The number of rotatable bonds is 2. The zero-order valence-corrected chi connectivity index (χ0v) is 11.8. The van der Waals surface area contributed by atoms with Crippen LogP contribution in [0.4, 0.5) is 4.39 Å². The van der Waals surface area contributed by atoms with E-state index in [0.29, 0.717) is 17.0 Å². The molecule has 21 heavy (non-hydrogen) atoms. The van der Waals surface area contributed by atoms with Crippen molar-refractivity contribution in [2.24, 2.45) is 0 Å². The molecule has 3 aromatic rings. The average Bonchev–Trinajstić information content (AvgIpc) is 2.86. The molecule has 0 N–H and O–H groups in total. The Balaban J connectivity index is 2.39. The van der Waals surface area contributed by atoms with Gasteiger partial charge in [0.1, 0.15) is 23.2 Å². The normalized spacial score (nSPS) is 12.3. The van der Waals surface area contributed by atoms with Crippen molar-refractivity contribution in [2.75, 3.05) is 0 Å². The van der Waals surface area contributed by atoms with Gasteiger partial charge in [-0.3, -0.25) is 9.55 Å². The van der Waals surface area contributed by atoms with Crippen LogP contribution in [0, 0.1) is 17.1 Å². The van der Waals surface area contributed by atoms with Crippen LogP contribution < -0.4 is 0 Å². The van der Waals surface area contributed by atoms with Gasteiger partial charge in [-0.15, -0.1) is 11.6 Å². The summed E-state index contributed by atoms with van der Waals surface area (Å²) in [5.74, 6) is 0.129.